The van der Waals surface area contributed by atoms with Crippen molar-refractivity contribution in [1.82, 2.24) is 9.55 Å². The molecule has 0 N–H and O–H groups in total. The van der Waals surface area contributed by atoms with Crippen LogP contribution < -0.4 is 0 Å². The molecule has 1 heterocycles. The van der Waals surface area contributed by atoms with Crippen molar-refractivity contribution in [2.45, 2.75) is 38.1 Å². The van der Waals surface area contributed by atoms with Gasteiger partial charge in [-0.15, -0.1) is 11.6 Å². The molecule has 0 aliphatic heterocycles. The van der Waals surface area contributed by atoms with Gasteiger partial charge in [-0.2, -0.15) is 0 Å². The molecule has 3 rings (SSSR count). The number of fused-ring (bicyclic) bond motifs is 1. The standard InChI is InChI=1S/C14H15ClF2N2/c1-8(15)14-18-13-11(17)6-10(16)7-12(13)19(14)5-4-9-2-3-9/h6-9H,2-5H2,1H3. The summed E-state index contributed by atoms with van der Waals surface area (Å²) >= 11 is 6.10. The second kappa shape index (κ2) is 4.75. The zero-order valence-electron chi connectivity index (χ0n) is 10.7. The predicted octanol–water partition coefficient (Wildman–Crippen LogP) is 4.41. The van der Waals surface area contributed by atoms with Crippen LogP contribution in [-0.2, 0) is 6.54 Å². The zero-order valence-corrected chi connectivity index (χ0v) is 11.4. The fraction of sp³-hybridized carbons (Fsp3) is 0.500. The topological polar surface area (TPSA) is 17.8 Å². The van der Waals surface area contributed by atoms with Gasteiger partial charge in [0.15, 0.2) is 5.82 Å². The molecule has 0 radical (unpaired) electrons. The number of benzene rings is 1. The predicted molar refractivity (Wildman–Crippen MR) is 71.3 cm³/mol. The SMILES string of the molecule is CC(Cl)c1nc2c(F)cc(F)cc2n1CCC1CC1. The van der Waals surface area contributed by atoms with Gasteiger partial charge in [0.05, 0.1) is 10.9 Å². The van der Waals surface area contributed by atoms with E-state index in [-0.39, 0.29) is 10.9 Å². The Balaban J connectivity index is 2.10. The number of halogens is 3. The summed E-state index contributed by atoms with van der Waals surface area (Å²) < 4.78 is 29.0. The van der Waals surface area contributed by atoms with Crippen molar-refractivity contribution >= 4 is 22.6 Å². The van der Waals surface area contributed by atoms with Crippen molar-refractivity contribution in [1.29, 1.82) is 0 Å². The molecule has 1 fully saturated rings. The van der Waals surface area contributed by atoms with E-state index in [1.807, 2.05) is 4.57 Å². The first-order valence-electron chi connectivity index (χ1n) is 6.55. The molecule has 1 aromatic carbocycles. The van der Waals surface area contributed by atoms with Crippen molar-refractivity contribution < 1.29 is 8.78 Å². The average Bonchev–Trinajstić information content (AvgIpc) is 3.08. The molecular formula is C14H15ClF2N2. The molecule has 19 heavy (non-hydrogen) atoms. The van der Waals surface area contributed by atoms with Crippen LogP contribution in [0.15, 0.2) is 12.1 Å². The number of hydrogen-bond donors (Lipinski definition) is 0. The Bertz CT molecular complexity index is 617. The minimum atomic E-state index is -0.626. The van der Waals surface area contributed by atoms with Gasteiger partial charge in [0, 0.05) is 12.6 Å². The minimum absolute atomic E-state index is 0.208. The lowest BCUT2D eigenvalue weighted by atomic mass is 10.2. The van der Waals surface area contributed by atoms with E-state index in [0.717, 1.165) is 24.9 Å². The largest absolute Gasteiger partial charge is 0.327 e. The molecule has 1 saturated carbocycles. The molecule has 0 amide bonds. The molecule has 1 aromatic heterocycles. The minimum Gasteiger partial charge on any atom is -0.327 e. The van der Waals surface area contributed by atoms with Gasteiger partial charge < -0.3 is 4.57 Å². The van der Waals surface area contributed by atoms with Crippen LogP contribution in [0.25, 0.3) is 11.0 Å². The summed E-state index contributed by atoms with van der Waals surface area (Å²) in [7, 11) is 0. The van der Waals surface area contributed by atoms with Gasteiger partial charge in [0.2, 0.25) is 0 Å². The lowest BCUT2D eigenvalue weighted by Gasteiger charge is -2.10. The monoisotopic (exact) mass is 284 g/mol. The van der Waals surface area contributed by atoms with Crippen molar-refractivity contribution in [3.05, 3.63) is 29.6 Å². The summed E-state index contributed by atoms with van der Waals surface area (Å²) in [5.74, 6) is 0.154. The van der Waals surface area contributed by atoms with Crippen molar-refractivity contribution in [3.63, 3.8) is 0 Å². The zero-order chi connectivity index (χ0) is 13.6. The normalized spacial score (nSPS) is 17.1. The Hall–Kier alpha value is -1.16. The van der Waals surface area contributed by atoms with Crippen LogP contribution in [0.4, 0.5) is 8.78 Å². The maximum Gasteiger partial charge on any atom is 0.153 e. The van der Waals surface area contributed by atoms with E-state index >= 15 is 0 Å². The summed E-state index contributed by atoms with van der Waals surface area (Å²) in [4.78, 5) is 4.24. The Kier molecular flexibility index (Phi) is 3.21. The van der Waals surface area contributed by atoms with E-state index in [0.29, 0.717) is 11.3 Å². The molecule has 2 nitrogen and oxygen atoms in total. The molecule has 5 heteroatoms. The molecule has 1 unspecified atom stereocenters. The van der Waals surface area contributed by atoms with Crippen molar-refractivity contribution in [2.24, 2.45) is 5.92 Å². The molecule has 0 spiro atoms. The van der Waals surface area contributed by atoms with Crippen LogP contribution in [0.5, 0.6) is 0 Å². The quantitative estimate of drug-likeness (QED) is 0.760. The van der Waals surface area contributed by atoms with Crippen LogP contribution in [-0.4, -0.2) is 9.55 Å². The van der Waals surface area contributed by atoms with Crippen LogP contribution in [0, 0.1) is 17.6 Å². The smallest absolute Gasteiger partial charge is 0.153 e. The first-order valence-corrected chi connectivity index (χ1v) is 6.99. The third-order valence-electron chi connectivity index (χ3n) is 3.62. The van der Waals surface area contributed by atoms with E-state index in [1.54, 1.807) is 6.92 Å². The lowest BCUT2D eigenvalue weighted by Crippen LogP contribution is -2.05. The maximum atomic E-state index is 13.8. The van der Waals surface area contributed by atoms with Gasteiger partial charge >= 0.3 is 0 Å². The van der Waals surface area contributed by atoms with E-state index in [9.17, 15) is 8.78 Å². The highest BCUT2D eigenvalue weighted by atomic mass is 35.5. The lowest BCUT2D eigenvalue weighted by molar-refractivity contribution is 0.579. The summed E-state index contributed by atoms with van der Waals surface area (Å²) in [6, 6.07) is 2.20. The third-order valence-corrected chi connectivity index (χ3v) is 3.81. The number of alkyl halides is 1. The number of aromatic nitrogens is 2. The Morgan fingerprint density at radius 2 is 2.16 bits per heavy atom. The van der Waals surface area contributed by atoms with Crippen molar-refractivity contribution in [2.75, 3.05) is 0 Å². The number of aryl methyl sites for hydroxylation is 1. The molecule has 0 saturated heterocycles. The molecule has 2 aromatic rings. The molecule has 1 aliphatic rings. The Morgan fingerprint density at radius 3 is 2.79 bits per heavy atom. The maximum absolute atomic E-state index is 13.8. The van der Waals surface area contributed by atoms with E-state index < -0.39 is 11.6 Å². The van der Waals surface area contributed by atoms with E-state index in [2.05, 4.69) is 4.98 Å². The summed E-state index contributed by atoms with van der Waals surface area (Å²) in [6.45, 7) is 2.51. The summed E-state index contributed by atoms with van der Waals surface area (Å²) in [5.41, 5.74) is 0.709. The molecule has 1 aliphatic carbocycles. The highest BCUT2D eigenvalue weighted by Gasteiger charge is 2.23. The molecule has 102 valence electrons. The van der Waals surface area contributed by atoms with Gasteiger partial charge in [-0.25, -0.2) is 13.8 Å². The van der Waals surface area contributed by atoms with Gasteiger partial charge in [-0.05, 0) is 25.3 Å². The average molecular weight is 285 g/mol. The van der Waals surface area contributed by atoms with Crippen molar-refractivity contribution in [3.8, 4) is 0 Å². The van der Waals surface area contributed by atoms with E-state index in [1.165, 1.54) is 18.9 Å². The number of rotatable bonds is 4. The van der Waals surface area contributed by atoms with Crippen LogP contribution in [0.1, 0.15) is 37.4 Å². The van der Waals surface area contributed by atoms with Gasteiger partial charge in [0.25, 0.3) is 0 Å². The molecular weight excluding hydrogens is 270 g/mol. The Morgan fingerprint density at radius 1 is 1.42 bits per heavy atom. The summed E-state index contributed by atoms with van der Waals surface area (Å²) in [6.07, 6.45) is 3.52. The van der Waals surface area contributed by atoms with E-state index in [4.69, 9.17) is 11.6 Å². The van der Waals surface area contributed by atoms with Gasteiger partial charge in [-0.1, -0.05) is 12.8 Å². The van der Waals surface area contributed by atoms with Gasteiger partial charge in [0.1, 0.15) is 17.2 Å². The second-order valence-corrected chi connectivity index (χ2v) is 5.88. The molecule has 0 bridgehead atoms. The number of imidazole rings is 1. The molecule has 1 atom stereocenters. The highest BCUT2D eigenvalue weighted by molar-refractivity contribution is 6.20. The third kappa shape index (κ3) is 2.46. The number of nitrogens with zero attached hydrogens (tertiary/aromatic N) is 2. The second-order valence-electron chi connectivity index (χ2n) is 5.23. The Labute approximate surface area is 115 Å². The van der Waals surface area contributed by atoms with Crippen LogP contribution in [0.3, 0.4) is 0 Å². The van der Waals surface area contributed by atoms with Crippen LogP contribution >= 0.6 is 11.6 Å². The fourth-order valence-electron chi connectivity index (χ4n) is 2.42. The highest BCUT2D eigenvalue weighted by Crippen LogP contribution is 2.34. The van der Waals surface area contributed by atoms with Crippen LogP contribution in [0.2, 0.25) is 0 Å². The first-order chi connectivity index (χ1) is 9.06. The first kappa shape index (κ1) is 12.9. The van der Waals surface area contributed by atoms with Gasteiger partial charge in [-0.3, -0.25) is 0 Å². The number of hydrogen-bond acceptors (Lipinski definition) is 1. The fourth-order valence-corrected chi connectivity index (χ4v) is 2.59. The summed E-state index contributed by atoms with van der Waals surface area (Å²) in [5, 5.41) is -0.325.